The van der Waals surface area contributed by atoms with E-state index in [1.807, 2.05) is 0 Å². The highest BCUT2D eigenvalue weighted by atomic mass is 31.2. The van der Waals surface area contributed by atoms with E-state index in [2.05, 4.69) is 38.2 Å². The van der Waals surface area contributed by atoms with Crippen LogP contribution < -0.4 is 5.32 Å². The lowest BCUT2D eigenvalue weighted by atomic mass is 10.1. The highest BCUT2D eigenvalue weighted by molar-refractivity contribution is 7.39. The third-order valence-electron chi connectivity index (χ3n) is 7.28. The van der Waals surface area contributed by atoms with Gasteiger partial charge in [0.2, 0.25) is 0 Å². The highest BCUT2D eigenvalue weighted by Crippen LogP contribution is 2.24. The van der Waals surface area contributed by atoms with Gasteiger partial charge in [-0.05, 0) is 58.0 Å². The van der Waals surface area contributed by atoms with Crippen molar-refractivity contribution in [3.05, 3.63) is 12.2 Å². The summed E-state index contributed by atoms with van der Waals surface area (Å²) < 4.78 is 4.73. The average molecular weight is 574 g/mol. The third-order valence-corrected chi connectivity index (χ3v) is 7.69. The fraction of sp³-hybridized carbons (Fsp3) is 0.941. The van der Waals surface area contributed by atoms with Gasteiger partial charge in [0.05, 0.1) is 6.61 Å². The number of hydrogen-bond donors (Lipinski definition) is 3. The first-order valence-corrected chi connectivity index (χ1v) is 18.5. The lowest BCUT2D eigenvalue weighted by Crippen LogP contribution is -2.16. The van der Waals surface area contributed by atoms with Crippen molar-refractivity contribution in [2.24, 2.45) is 0 Å². The Balaban J connectivity index is 0. The molecule has 0 saturated carbocycles. The van der Waals surface area contributed by atoms with Crippen LogP contribution in [-0.2, 0) is 4.52 Å². The second kappa shape index (κ2) is 40.2. The summed E-state index contributed by atoms with van der Waals surface area (Å²) in [7, 11) is -2.15. The van der Waals surface area contributed by atoms with Crippen molar-refractivity contribution >= 4 is 8.60 Å². The van der Waals surface area contributed by atoms with Crippen LogP contribution in [0.15, 0.2) is 12.2 Å². The summed E-state index contributed by atoms with van der Waals surface area (Å²) in [5.74, 6) is 0. The van der Waals surface area contributed by atoms with Crippen LogP contribution in [0.5, 0.6) is 0 Å². The van der Waals surface area contributed by atoms with E-state index in [0.29, 0.717) is 6.61 Å². The topological polar surface area (TPSA) is 61.7 Å². The third kappa shape index (κ3) is 45.2. The van der Waals surface area contributed by atoms with Crippen LogP contribution >= 0.6 is 8.60 Å². The molecule has 0 heterocycles. The number of nitrogens with one attached hydrogen (secondary N) is 1. The molecule has 0 saturated heterocycles. The molecule has 0 rings (SSSR count). The van der Waals surface area contributed by atoms with Crippen molar-refractivity contribution in [2.75, 3.05) is 19.7 Å². The molecule has 0 radical (unpaired) electrons. The van der Waals surface area contributed by atoms with Gasteiger partial charge in [0.1, 0.15) is 0 Å². The second-order valence-electron chi connectivity index (χ2n) is 11.3. The zero-order valence-corrected chi connectivity index (χ0v) is 27.8. The van der Waals surface area contributed by atoms with E-state index in [1.165, 1.54) is 167 Å². The number of allylic oxidation sites excluding steroid dienone is 2. The number of hydrogen-bond acceptors (Lipinski definition) is 4. The van der Waals surface area contributed by atoms with Crippen LogP contribution in [0, 0.1) is 0 Å². The minimum atomic E-state index is -2.15. The molecule has 0 unspecified atom stereocenters. The maximum atomic E-state index is 8.57. The molecule has 0 aromatic carbocycles. The molecular formula is C34H72NO3P. The summed E-state index contributed by atoms with van der Waals surface area (Å²) >= 11 is 0. The molecular weight excluding hydrogens is 501 g/mol. The molecule has 0 atom stereocenters. The van der Waals surface area contributed by atoms with Gasteiger partial charge in [-0.25, -0.2) is 0 Å². The number of rotatable bonds is 31. The Morgan fingerprint density at radius 1 is 0.462 bits per heavy atom. The van der Waals surface area contributed by atoms with E-state index in [1.54, 1.807) is 0 Å². The van der Waals surface area contributed by atoms with Gasteiger partial charge in [0, 0.05) is 0 Å². The zero-order chi connectivity index (χ0) is 28.9. The minimum Gasteiger partial charge on any atom is -0.328 e. The first kappa shape index (κ1) is 41.1. The van der Waals surface area contributed by atoms with Crippen LogP contribution in [0.1, 0.15) is 188 Å². The van der Waals surface area contributed by atoms with Crippen LogP contribution in [0.25, 0.3) is 0 Å². The molecule has 0 bridgehead atoms. The van der Waals surface area contributed by atoms with Crippen molar-refractivity contribution in [2.45, 2.75) is 188 Å². The Morgan fingerprint density at radius 2 is 0.795 bits per heavy atom. The standard InChI is InChI=1S/C18H37O3P.C16H35N/c1-2-3-4-5-6-7-8-9-10-11-12-13-14-15-16-17-18-21-22(19)20;1-3-5-7-9-11-13-15-17-16-14-12-10-8-6-4-2/h9-10,19-20H,2-8,11-18H2,1H3;17H,3-16H2,1-2H3. The fourth-order valence-corrected chi connectivity index (χ4v) is 4.97. The highest BCUT2D eigenvalue weighted by Gasteiger charge is 1.98. The summed E-state index contributed by atoms with van der Waals surface area (Å²) in [5.41, 5.74) is 0. The Labute approximate surface area is 247 Å². The Hall–Kier alpha value is 0.0100. The van der Waals surface area contributed by atoms with E-state index in [-0.39, 0.29) is 0 Å². The van der Waals surface area contributed by atoms with E-state index in [0.717, 1.165) is 12.8 Å². The Bertz CT molecular complexity index is 421. The molecule has 0 aliphatic carbocycles. The Kier molecular flexibility index (Phi) is 42.4. The van der Waals surface area contributed by atoms with Gasteiger partial charge < -0.3 is 19.6 Å². The van der Waals surface area contributed by atoms with E-state index in [4.69, 9.17) is 14.3 Å². The number of unbranched alkanes of at least 4 members (excludes halogenated alkanes) is 22. The van der Waals surface area contributed by atoms with Gasteiger partial charge in [0.25, 0.3) is 0 Å². The first-order chi connectivity index (χ1) is 19.2. The van der Waals surface area contributed by atoms with E-state index < -0.39 is 8.60 Å². The predicted molar refractivity (Wildman–Crippen MR) is 176 cm³/mol. The van der Waals surface area contributed by atoms with Gasteiger partial charge >= 0.3 is 8.60 Å². The molecule has 0 amide bonds. The van der Waals surface area contributed by atoms with E-state index in [9.17, 15) is 0 Å². The molecule has 0 aromatic rings. The van der Waals surface area contributed by atoms with E-state index >= 15 is 0 Å². The van der Waals surface area contributed by atoms with Gasteiger partial charge in [-0.15, -0.1) is 0 Å². The van der Waals surface area contributed by atoms with Crippen LogP contribution in [0.2, 0.25) is 0 Å². The molecule has 4 nitrogen and oxygen atoms in total. The summed E-state index contributed by atoms with van der Waals surface area (Å²) in [6.07, 6.45) is 39.5. The summed E-state index contributed by atoms with van der Waals surface area (Å²) in [6.45, 7) is 9.77. The summed E-state index contributed by atoms with van der Waals surface area (Å²) in [4.78, 5) is 17.1. The maximum absolute atomic E-state index is 8.57. The van der Waals surface area contributed by atoms with Crippen molar-refractivity contribution < 1.29 is 14.3 Å². The van der Waals surface area contributed by atoms with Gasteiger partial charge in [-0.1, -0.05) is 155 Å². The van der Waals surface area contributed by atoms with Crippen molar-refractivity contribution in [3.8, 4) is 0 Å². The molecule has 39 heavy (non-hydrogen) atoms. The first-order valence-electron chi connectivity index (χ1n) is 17.3. The SMILES string of the molecule is CCCCCCCCC=CCCCCCCCCOP(O)O.CCCCCCCCNCCCCCCCC. The summed E-state index contributed by atoms with van der Waals surface area (Å²) in [6, 6.07) is 0. The largest absolute Gasteiger partial charge is 0.328 e. The lowest BCUT2D eigenvalue weighted by molar-refractivity contribution is 0.248. The molecule has 236 valence electrons. The normalized spacial score (nSPS) is 11.4. The smallest absolute Gasteiger partial charge is 0.327 e. The van der Waals surface area contributed by atoms with Crippen LogP contribution in [0.3, 0.4) is 0 Å². The average Bonchev–Trinajstić information content (AvgIpc) is 2.93. The van der Waals surface area contributed by atoms with Crippen molar-refractivity contribution in [3.63, 3.8) is 0 Å². The molecule has 3 N–H and O–H groups in total. The van der Waals surface area contributed by atoms with Crippen LogP contribution in [-0.4, -0.2) is 29.5 Å². The minimum absolute atomic E-state index is 0.472. The lowest BCUT2D eigenvalue weighted by Gasteiger charge is -2.04. The monoisotopic (exact) mass is 574 g/mol. The van der Waals surface area contributed by atoms with Crippen LogP contribution in [0.4, 0.5) is 0 Å². The zero-order valence-electron chi connectivity index (χ0n) is 26.9. The quantitative estimate of drug-likeness (QED) is 0.0438. The van der Waals surface area contributed by atoms with Gasteiger partial charge in [0.15, 0.2) is 0 Å². The van der Waals surface area contributed by atoms with Gasteiger partial charge in [-0.3, -0.25) is 0 Å². The molecule has 0 aliphatic heterocycles. The van der Waals surface area contributed by atoms with Crippen molar-refractivity contribution in [1.82, 2.24) is 5.32 Å². The molecule has 0 aliphatic rings. The second-order valence-corrected chi connectivity index (χ2v) is 12.1. The Morgan fingerprint density at radius 3 is 1.18 bits per heavy atom. The molecule has 0 spiro atoms. The maximum Gasteiger partial charge on any atom is 0.327 e. The molecule has 0 aromatic heterocycles. The summed E-state index contributed by atoms with van der Waals surface area (Å²) in [5, 5.41) is 3.57. The molecule has 5 heteroatoms. The van der Waals surface area contributed by atoms with Crippen molar-refractivity contribution in [1.29, 1.82) is 0 Å². The molecule has 0 fully saturated rings. The fourth-order valence-electron chi connectivity index (χ4n) is 4.68. The van der Waals surface area contributed by atoms with Gasteiger partial charge in [-0.2, -0.15) is 0 Å². The predicted octanol–water partition coefficient (Wildman–Crippen LogP) is 11.5.